The molecule has 0 spiro atoms. The molecule has 0 atom stereocenters. The first kappa shape index (κ1) is 13.7. The maximum Gasteiger partial charge on any atom is 0.261 e. The Morgan fingerprint density at radius 1 is 1.24 bits per heavy atom. The fourth-order valence-electron chi connectivity index (χ4n) is 2.29. The van der Waals surface area contributed by atoms with Gasteiger partial charge in [-0.1, -0.05) is 19.0 Å². The summed E-state index contributed by atoms with van der Waals surface area (Å²) in [7, 11) is 0. The van der Waals surface area contributed by atoms with Crippen LogP contribution in [0.3, 0.4) is 0 Å². The second kappa shape index (κ2) is 5.61. The van der Waals surface area contributed by atoms with Crippen molar-refractivity contribution >= 4 is 5.65 Å². The number of aromatic nitrogens is 5. The number of nitrogens with zero attached hydrogens (tertiary/aromatic N) is 6. The van der Waals surface area contributed by atoms with Crippen molar-refractivity contribution in [2.45, 2.75) is 27.3 Å². The topological polar surface area (TPSA) is 72.3 Å². The molecule has 0 unspecified atom stereocenters. The second-order valence-electron chi connectivity index (χ2n) is 4.84. The molecule has 0 saturated carbocycles. The fourth-order valence-corrected chi connectivity index (χ4v) is 2.29. The molecular formula is C14H18N6O. The minimum Gasteiger partial charge on any atom is -0.334 e. The van der Waals surface area contributed by atoms with E-state index in [0.29, 0.717) is 11.7 Å². The van der Waals surface area contributed by atoms with Gasteiger partial charge in [0.05, 0.1) is 12.1 Å². The summed E-state index contributed by atoms with van der Waals surface area (Å²) in [5, 5.41) is 12.4. The summed E-state index contributed by atoms with van der Waals surface area (Å²) in [6.45, 7) is 8.80. The van der Waals surface area contributed by atoms with Gasteiger partial charge in [0, 0.05) is 6.20 Å². The lowest BCUT2D eigenvalue weighted by atomic mass is 10.2. The van der Waals surface area contributed by atoms with Crippen molar-refractivity contribution in [1.82, 2.24) is 29.6 Å². The van der Waals surface area contributed by atoms with Crippen LogP contribution in [-0.4, -0.2) is 42.7 Å². The molecule has 3 aromatic heterocycles. The van der Waals surface area contributed by atoms with E-state index in [1.807, 2.05) is 22.7 Å². The van der Waals surface area contributed by atoms with Gasteiger partial charge < -0.3 is 4.52 Å². The van der Waals surface area contributed by atoms with E-state index in [9.17, 15) is 0 Å². The molecule has 0 saturated heterocycles. The van der Waals surface area contributed by atoms with Crippen LogP contribution in [0.5, 0.6) is 0 Å². The van der Waals surface area contributed by atoms with Gasteiger partial charge >= 0.3 is 0 Å². The second-order valence-corrected chi connectivity index (χ2v) is 4.84. The number of hydrogen-bond acceptors (Lipinski definition) is 6. The van der Waals surface area contributed by atoms with Crippen molar-refractivity contribution < 1.29 is 4.52 Å². The van der Waals surface area contributed by atoms with Gasteiger partial charge in [0.15, 0.2) is 17.3 Å². The normalized spacial score (nSPS) is 11.6. The van der Waals surface area contributed by atoms with Crippen molar-refractivity contribution in [3.63, 3.8) is 0 Å². The maximum absolute atomic E-state index is 5.24. The van der Waals surface area contributed by atoms with Gasteiger partial charge in [-0.3, -0.25) is 9.30 Å². The molecule has 0 aromatic carbocycles. The third-order valence-corrected chi connectivity index (χ3v) is 3.52. The number of hydrogen-bond donors (Lipinski definition) is 0. The highest BCUT2D eigenvalue weighted by Crippen LogP contribution is 2.22. The third-order valence-electron chi connectivity index (χ3n) is 3.52. The largest absolute Gasteiger partial charge is 0.334 e. The SMILES string of the molecule is CCN(CC)Cc1nnc2c(-c3nc(C)no3)cccn12. The van der Waals surface area contributed by atoms with Gasteiger partial charge in [-0.2, -0.15) is 4.98 Å². The van der Waals surface area contributed by atoms with Crippen LogP contribution in [0, 0.1) is 6.92 Å². The third kappa shape index (κ3) is 2.52. The van der Waals surface area contributed by atoms with E-state index in [4.69, 9.17) is 4.52 Å². The molecule has 0 N–H and O–H groups in total. The highest BCUT2D eigenvalue weighted by atomic mass is 16.5. The van der Waals surface area contributed by atoms with Crippen LogP contribution in [0.1, 0.15) is 25.5 Å². The van der Waals surface area contributed by atoms with Crippen LogP contribution in [0.2, 0.25) is 0 Å². The van der Waals surface area contributed by atoms with Crippen molar-refractivity contribution in [3.8, 4) is 11.5 Å². The number of fused-ring (bicyclic) bond motifs is 1. The van der Waals surface area contributed by atoms with Crippen molar-refractivity contribution in [2.24, 2.45) is 0 Å². The number of rotatable bonds is 5. The Labute approximate surface area is 122 Å². The molecule has 3 aromatic rings. The van der Waals surface area contributed by atoms with E-state index in [0.717, 1.165) is 36.7 Å². The zero-order chi connectivity index (χ0) is 14.8. The first-order chi connectivity index (χ1) is 10.2. The van der Waals surface area contributed by atoms with Crippen LogP contribution < -0.4 is 0 Å². The lowest BCUT2D eigenvalue weighted by molar-refractivity contribution is 0.287. The molecule has 3 heterocycles. The molecule has 0 aliphatic carbocycles. The molecule has 0 amide bonds. The standard InChI is InChI=1S/C14H18N6O/c1-4-19(5-2)9-12-16-17-13-11(7-6-8-20(12)13)14-15-10(3)18-21-14/h6-8H,4-5,9H2,1-3H3. The van der Waals surface area contributed by atoms with Gasteiger partial charge in [-0.15, -0.1) is 10.2 Å². The molecular weight excluding hydrogens is 268 g/mol. The summed E-state index contributed by atoms with van der Waals surface area (Å²) in [6, 6.07) is 3.86. The Kier molecular flexibility index (Phi) is 3.66. The smallest absolute Gasteiger partial charge is 0.261 e. The quantitative estimate of drug-likeness (QED) is 0.713. The molecule has 7 heteroatoms. The van der Waals surface area contributed by atoms with Crippen LogP contribution in [0.25, 0.3) is 17.1 Å². The number of pyridine rings is 1. The van der Waals surface area contributed by atoms with E-state index in [-0.39, 0.29) is 0 Å². The molecule has 110 valence electrons. The Morgan fingerprint density at radius 3 is 2.71 bits per heavy atom. The first-order valence-electron chi connectivity index (χ1n) is 7.08. The minimum absolute atomic E-state index is 0.472. The summed E-state index contributed by atoms with van der Waals surface area (Å²) >= 11 is 0. The van der Waals surface area contributed by atoms with Crippen LogP contribution in [-0.2, 0) is 6.54 Å². The van der Waals surface area contributed by atoms with Gasteiger partial charge in [0.25, 0.3) is 5.89 Å². The maximum atomic E-state index is 5.24. The van der Waals surface area contributed by atoms with Crippen LogP contribution in [0.4, 0.5) is 0 Å². The van der Waals surface area contributed by atoms with Crippen LogP contribution in [0.15, 0.2) is 22.9 Å². The summed E-state index contributed by atoms with van der Waals surface area (Å²) in [4.78, 5) is 6.56. The summed E-state index contributed by atoms with van der Waals surface area (Å²) in [5.74, 6) is 1.99. The Balaban J connectivity index is 2.04. The monoisotopic (exact) mass is 286 g/mol. The summed E-state index contributed by atoms with van der Waals surface area (Å²) < 4.78 is 7.22. The Hall–Kier alpha value is -2.28. The van der Waals surface area contributed by atoms with Crippen molar-refractivity contribution in [3.05, 3.63) is 30.0 Å². The fraction of sp³-hybridized carbons (Fsp3) is 0.429. The van der Waals surface area contributed by atoms with E-state index < -0.39 is 0 Å². The van der Waals surface area contributed by atoms with E-state index in [1.165, 1.54) is 0 Å². The minimum atomic E-state index is 0.472. The van der Waals surface area contributed by atoms with Crippen molar-refractivity contribution in [2.75, 3.05) is 13.1 Å². The average molecular weight is 286 g/mol. The zero-order valence-electron chi connectivity index (χ0n) is 12.4. The lowest BCUT2D eigenvalue weighted by Gasteiger charge is -2.16. The van der Waals surface area contributed by atoms with Gasteiger partial charge in [-0.25, -0.2) is 0 Å². The highest BCUT2D eigenvalue weighted by molar-refractivity contribution is 5.71. The van der Waals surface area contributed by atoms with Gasteiger partial charge in [0.1, 0.15) is 0 Å². The Morgan fingerprint density at radius 2 is 2.05 bits per heavy atom. The molecule has 0 fully saturated rings. The molecule has 0 aliphatic heterocycles. The predicted molar refractivity (Wildman–Crippen MR) is 77.6 cm³/mol. The van der Waals surface area contributed by atoms with Gasteiger partial charge in [-0.05, 0) is 32.1 Å². The summed E-state index contributed by atoms with van der Waals surface area (Å²) in [5.41, 5.74) is 1.54. The van der Waals surface area contributed by atoms with E-state index >= 15 is 0 Å². The zero-order valence-corrected chi connectivity index (χ0v) is 12.4. The Bertz CT molecular complexity index is 743. The van der Waals surface area contributed by atoms with E-state index in [1.54, 1.807) is 6.92 Å². The molecule has 3 rings (SSSR count). The predicted octanol–water partition coefficient (Wildman–Crippen LogP) is 1.93. The number of aryl methyl sites for hydroxylation is 1. The molecule has 0 radical (unpaired) electrons. The average Bonchev–Trinajstić information content (AvgIpc) is 3.11. The lowest BCUT2D eigenvalue weighted by Crippen LogP contribution is -2.23. The molecule has 0 bridgehead atoms. The van der Waals surface area contributed by atoms with Crippen molar-refractivity contribution in [1.29, 1.82) is 0 Å². The molecule has 0 aliphatic rings. The molecule has 7 nitrogen and oxygen atoms in total. The molecule has 21 heavy (non-hydrogen) atoms. The summed E-state index contributed by atoms with van der Waals surface area (Å²) in [6.07, 6.45) is 1.96. The highest BCUT2D eigenvalue weighted by Gasteiger charge is 2.15. The van der Waals surface area contributed by atoms with Crippen LogP contribution >= 0.6 is 0 Å². The van der Waals surface area contributed by atoms with E-state index in [2.05, 4.69) is 39.1 Å². The first-order valence-corrected chi connectivity index (χ1v) is 7.08. The van der Waals surface area contributed by atoms with Gasteiger partial charge in [0.2, 0.25) is 0 Å².